The van der Waals surface area contributed by atoms with Crippen LogP contribution in [0.1, 0.15) is 44.1 Å². The third-order valence-corrected chi connectivity index (χ3v) is 5.66. The van der Waals surface area contributed by atoms with Gasteiger partial charge >= 0.3 is 5.97 Å². The van der Waals surface area contributed by atoms with Gasteiger partial charge < -0.3 is 4.74 Å². The van der Waals surface area contributed by atoms with Crippen LogP contribution in [0.4, 0.5) is 4.39 Å². The average molecular weight is 342 g/mol. The van der Waals surface area contributed by atoms with Crippen molar-refractivity contribution in [3.05, 3.63) is 41.8 Å². The molecule has 1 saturated carbocycles. The first kappa shape index (κ1) is 16.5. The number of halogens is 1. The van der Waals surface area contributed by atoms with Gasteiger partial charge in [-0.2, -0.15) is 0 Å². The molecule has 0 atom stereocenters. The lowest BCUT2D eigenvalue weighted by molar-refractivity contribution is -0.152. The van der Waals surface area contributed by atoms with Crippen molar-refractivity contribution in [3.63, 3.8) is 0 Å². The summed E-state index contributed by atoms with van der Waals surface area (Å²) < 4.78 is 19.0. The van der Waals surface area contributed by atoms with Crippen LogP contribution in [0.15, 0.2) is 30.5 Å². The Morgan fingerprint density at radius 1 is 1.32 bits per heavy atom. The molecule has 132 valence electrons. The van der Waals surface area contributed by atoms with Crippen molar-refractivity contribution >= 4 is 16.9 Å². The van der Waals surface area contributed by atoms with Crippen molar-refractivity contribution in [2.45, 2.75) is 44.1 Å². The minimum atomic E-state index is -0.368. The molecule has 1 aliphatic heterocycles. The van der Waals surface area contributed by atoms with E-state index in [1.165, 1.54) is 11.6 Å². The zero-order chi connectivity index (χ0) is 17.4. The normalized spacial score (nSPS) is 20.6. The highest BCUT2D eigenvalue weighted by Crippen LogP contribution is 2.46. The number of piperidine rings is 1. The molecule has 0 bridgehead atoms. The number of nitrogens with zero attached hydrogens (tertiary/aromatic N) is 2. The number of carbonyl (C=O) groups excluding carboxylic acids is 1. The van der Waals surface area contributed by atoms with Gasteiger partial charge in [-0.05, 0) is 81.4 Å². The van der Waals surface area contributed by atoms with Gasteiger partial charge in [0.05, 0.1) is 12.1 Å². The van der Waals surface area contributed by atoms with Crippen LogP contribution in [0.3, 0.4) is 0 Å². The second kappa shape index (κ2) is 6.37. The molecule has 0 N–H and O–H groups in total. The number of aromatic nitrogens is 1. The molecule has 1 saturated heterocycles. The lowest BCUT2D eigenvalue weighted by atomic mass is 9.87. The maximum atomic E-state index is 13.7. The number of ether oxygens (including phenoxy) is 1. The summed E-state index contributed by atoms with van der Waals surface area (Å²) in [5, 5.41) is 0.910. The Labute approximate surface area is 147 Å². The summed E-state index contributed by atoms with van der Waals surface area (Å²) in [5.74, 6) is 0.0878. The first-order chi connectivity index (χ1) is 12.1. The lowest BCUT2D eigenvalue weighted by Crippen LogP contribution is -2.48. The van der Waals surface area contributed by atoms with Crippen LogP contribution in [0.5, 0.6) is 0 Å². The monoisotopic (exact) mass is 342 g/mol. The van der Waals surface area contributed by atoms with Crippen LogP contribution in [-0.4, -0.2) is 41.1 Å². The predicted molar refractivity (Wildman–Crippen MR) is 93.8 cm³/mol. The molecule has 0 radical (unpaired) electrons. The van der Waals surface area contributed by atoms with Gasteiger partial charge in [0.25, 0.3) is 0 Å². The quantitative estimate of drug-likeness (QED) is 0.796. The third-order valence-electron chi connectivity index (χ3n) is 5.66. The standard InChI is InChI=1S/C20H23FN2O2/c1-2-25-19(24)20(8-9-20)23-11-6-14(7-12-23)16-5-10-22-18-4-3-15(21)13-17(16)18/h3-5,10,13-14H,2,6-9,11-12H2,1H3. The minimum absolute atomic E-state index is 0.0649. The van der Waals surface area contributed by atoms with Crippen LogP contribution in [0, 0.1) is 5.82 Å². The summed E-state index contributed by atoms with van der Waals surface area (Å²) in [6.45, 7) is 4.05. The number of esters is 1. The van der Waals surface area contributed by atoms with Gasteiger partial charge in [0, 0.05) is 11.6 Å². The first-order valence-corrected chi connectivity index (χ1v) is 9.10. The van der Waals surface area contributed by atoms with Gasteiger partial charge in [0.1, 0.15) is 11.4 Å². The maximum absolute atomic E-state index is 13.7. The number of fused-ring (bicyclic) bond motifs is 1. The fourth-order valence-electron chi connectivity index (χ4n) is 4.15. The van der Waals surface area contributed by atoms with Crippen molar-refractivity contribution in [3.8, 4) is 0 Å². The van der Waals surface area contributed by atoms with E-state index in [9.17, 15) is 9.18 Å². The second-order valence-corrected chi connectivity index (χ2v) is 7.08. The lowest BCUT2D eigenvalue weighted by Gasteiger charge is -2.37. The summed E-state index contributed by atoms with van der Waals surface area (Å²) in [6.07, 6.45) is 5.55. The van der Waals surface area contributed by atoms with Gasteiger partial charge in [0.15, 0.2) is 0 Å². The molecule has 0 spiro atoms. The number of hydrogen-bond donors (Lipinski definition) is 0. The minimum Gasteiger partial charge on any atom is -0.465 e. The van der Waals surface area contributed by atoms with Crippen LogP contribution < -0.4 is 0 Å². The Hall–Kier alpha value is -2.01. The molecule has 1 aliphatic carbocycles. The molecule has 4 nitrogen and oxygen atoms in total. The van der Waals surface area contributed by atoms with E-state index in [0.29, 0.717) is 12.5 Å². The molecule has 2 fully saturated rings. The van der Waals surface area contributed by atoms with E-state index in [-0.39, 0.29) is 17.3 Å². The highest BCUT2D eigenvalue weighted by molar-refractivity contribution is 5.84. The topological polar surface area (TPSA) is 42.4 Å². The average Bonchev–Trinajstić information content (AvgIpc) is 3.44. The van der Waals surface area contributed by atoms with Gasteiger partial charge in [-0.15, -0.1) is 0 Å². The van der Waals surface area contributed by atoms with Crippen LogP contribution in [0.2, 0.25) is 0 Å². The molecule has 2 aromatic rings. The summed E-state index contributed by atoms with van der Waals surface area (Å²) in [7, 11) is 0. The Morgan fingerprint density at radius 2 is 2.08 bits per heavy atom. The van der Waals surface area contributed by atoms with E-state index in [0.717, 1.165) is 49.7 Å². The zero-order valence-corrected chi connectivity index (χ0v) is 14.5. The number of benzene rings is 1. The molecule has 25 heavy (non-hydrogen) atoms. The zero-order valence-electron chi connectivity index (χ0n) is 14.5. The third kappa shape index (κ3) is 2.91. The molecule has 5 heteroatoms. The molecule has 4 rings (SSSR count). The highest BCUT2D eigenvalue weighted by Gasteiger charge is 2.56. The fourth-order valence-corrected chi connectivity index (χ4v) is 4.15. The summed E-state index contributed by atoms with van der Waals surface area (Å²) in [5.41, 5.74) is 1.64. The maximum Gasteiger partial charge on any atom is 0.326 e. The Bertz CT molecular complexity index is 795. The summed E-state index contributed by atoms with van der Waals surface area (Å²) >= 11 is 0. The van der Waals surface area contributed by atoms with Gasteiger partial charge in [-0.25, -0.2) is 4.39 Å². The van der Waals surface area contributed by atoms with Gasteiger partial charge in [-0.1, -0.05) is 0 Å². The molecule has 2 aliphatic rings. The van der Waals surface area contributed by atoms with Crippen molar-refractivity contribution in [2.24, 2.45) is 0 Å². The van der Waals surface area contributed by atoms with Crippen molar-refractivity contribution in [2.75, 3.05) is 19.7 Å². The molecule has 0 amide bonds. The van der Waals surface area contributed by atoms with E-state index in [2.05, 4.69) is 9.88 Å². The molecule has 1 aromatic carbocycles. The van der Waals surface area contributed by atoms with E-state index < -0.39 is 0 Å². The molecule has 2 heterocycles. The highest BCUT2D eigenvalue weighted by atomic mass is 19.1. The number of carbonyl (C=O) groups is 1. The largest absolute Gasteiger partial charge is 0.465 e. The Balaban J connectivity index is 1.51. The van der Waals surface area contributed by atoms with Crippen LogP contribution in [-0.2, 0) is 9.53 Å². The fraction of sp³-hybridized carbons (Fsp3) is 0.500. The van der Waals surface area contributed by atoms with E-state index in [1.54, 1.807) is 12.1 Å². The van der Waals surface area contributed by atoms with E-state index in [1.807, 2.05) is 19.2 Å². The molecule has 0 unspecified atom stereocenters. The molecular weight excluding hydrogens is 319 g/mol. The van der Waals surface area contributed by atoms with Crippen molar-refractivity contribution < 1.29 is 13.9 Å². The predicted octanol–water partition coefficient (Wildman–Crippen LogP) is 3.65. The van der Waals surface area contributed by atoms with Gasteiger partial charge in [0.2, 0.25) is 0 Å². The first-order valence-electron chi connectivity index (χ1n) is 9.10. The number of hydrogen-bond acceptors (Lipinski definition) is 4. The van der Waals surface area contributed by atoms with E-state index in [4.69, 9.17) is 4.74 Å². The number of pyridine rings is 1. The van der Waals surface area contributed by atoms with Crippen molar-refractivity contribution in [1.82, 2.24) is 9.88 Å². The summed E-state index contributed by atoms with van der Waals surface area (Å²) in [6, 6.07) is 6.80. The smallest absolute Gasteiger partial charge is 0.326 e. The Morgan fingerprint density at radius 3 is 2.76 bits per heavy atom. The number of likely N-dealkylation sites (tertiary alicyclic amines) is 1. The number of rotatable bonds is 4. The SMILES string of the molecule is CCOC(=O)C1(N2CCC(c3ccnc4ccc(F)cc34)CC2)CC1. The molecule has 1 aromatic heterocycles. The second-order valence-electron chi connectivity index (χ2n) is 7.08. The van der Waals surface area contributed by atoms with E-state index >= 15 is 0 Å². The summed E-state index contributed by atoms with van der Waals surface area (Å²) in [4.78, 5) is 18.9. The van der Waals surface area contributed by atoms with Crippen LogP contribution >= 0.6 is 0 Å². The van der Waals surface area contributed by atoms with Crippen molar-refractivity contribution in [1.29, 1.82) is 0 Å². The van der Waals surface area contributed by atoms with Gasteiger partial charge in [-0.3, -0.25) is 14.7 Å². The molecular formula is C20H23FN2O2. The Kier molecular flexibility index (Phi) is 4.20. The van der Waals surface area contributed by atoms with Crippen LogP contribution in [0.25, 0.3) is 10.9 Å².